The van der Waals surface area contributed by atoms with E-state index in [1.54, 1.807) is 0 Å². The van der Waals surface area contributed by atoms with Crippen molar-refractivity contribution in [2.45, 2.75) is 52.4 Å². The maximum absolute atomic E-state index is 12.8. The van der Waals surface area contributed by atoms with Crippen LogP contribution in [0.2, 0.25) is 0 Å². The average molecular weight is 621 g/mol. The molecule has 1 N–H and O–H groups in total. The van der Waals surface area contributed by atoms with Crippen LogP contribution in [0.4, 0.5) is 18.0 Å². The molecule has 12 heteroatoms. The maximum Gasteiger partial charge on any atom is 0.573 e. The van der Waals surface area contributed by atoms with Crippen molar-refractivity contribution in [1.29, 1.82) is 0 Å². The van der Waals surface area contributed by atoms with Crippen LogP contribution < -0.4 is 14.9 Å². The second-order valence-electron chi connectivity index (χ2n) is 10.2. The Kier molecular flexibility index (Phi) is 9.29. The molecule has 0 spiro atoms. The third kappa shape index (κ3) is 7.62. The highest BCUT2D eigenvalue weighted by Gasteiger charge is 2.31. The zero-order chi connectivity index (χ0) is 31.3. The van der Waals surface area contributed by atoms with Gasteiger partial charge in [-0.05, 0) is 74.6 Å². The third-order valence-electron chi connectivity index (χ3n) is 6.96. The van der Waals surface area contributed by atoms with Gasteiger partial charge in [-0.2, -0.15) is 4.99 Å². The molecule has 8 nitrogen and oxygen atoms in total. The van der Waals surface area contributed by atoms with Crippen molar-refractivity contribution in [3.63, 3.8) is 0 Å². The number of rotatable bonds is 9. The van der Waals surface area contributed by atoms with Crippen LogP contribution in [0.25, 0.3) is 22.8 Å². The molecule has 0 aliphatic heterocycles. The number of carbonyl (C=O) groups is 1. The summed E-state index contributed by atoms with van der Waals surface area (Å²) in [5, 5.41) is 9.43. The largest absolute Gasteiger partial charge is 0.573 e. The summed E-state index contributed by atoms with van der Waals surface area (Å²) in [6.07, 6.45) is -0.893. The van der Waals surface area contributed by atoms with Crippen molar-refractivity contribution in [2.75, 3.05) is 0 Å². The smallest absolute Gasteiger partial charge is 0.406 e. The standard InChI is InChI=1S/C32H31F3N6O2S/c1-4-24-7-5-6-8-28(24)41-22(3)19-44-31(41)38-30(42)37-21(2)9-10-23-11-13-25(14-12-23)29-36-20-40(39-29)26-15-17-27(18-16-26)43-32(33,34)35/h5-8,11-21H,4,9-10H2,1-3H3,(H,37,42)/b38-31-. The quantitative estimate of drug-likeness (QED) is 0.189. The number of amides is 2. The first-order chi connectivity index (χ1) is 21.1. The number of thiazole rings is 1. The van der Waals surface area contributed by atoms with Crippen LogP contribution in [0.5, 0.6) is 5.75 Å². The lowest BCUT2D eigenvalue weighted by Crippen LogP contribution is -2.32. The normalized spacial score (nSPS) is 12.7. The first-order valence-electron chi connectivity index (χ1n) is 14.1. The number of alkyl halides is 3. The van der Waals surface area contributed by atoms with Crippen LogP contribution in [0, 0.1) is 6.92 Å². The van der Waals surface area contributed by atoms with E-state index in [0.717, 1.165) is 41.8 Å². The van der Waals surface area contributed by atoms with E-state index in [-0.39, 0.29) is 17.8 Å². The van der Waals surface area contributed by atoms with Gasteiger partial charge in [0.25, 0.3) is 0 Å². The molecule has 3 aromatic carbocycles. The van der Waals surface area contributed by atoms with Gasteiger partial charge in [0, 0.05) is 22.7 Å². The molecule has 0 aliphatic carbocycles. The SMILES string of the molecule is CCc1ccccc1-n1c(C)cs/c1=N\C(=O)NC(C)CCc1ccc(-c2ncn(-c3ccc(OC(F)(F)F)cc3)n2)cc1. The molecule has 0 fully saturated rings. The van der Waals surface area contributed by atoms with Crippen molar-refractivity contribution in [3.05, 3.63) is 106 Å². The van der Waals surface area contributed by atoms with E-state index in [0.29, 0.717) is 16.3 Å². The monoisotopic (exact) mass is 620 g/mol. The number of ether oxygens (including phenoxy) is 1. The minimum Gasteiger partial charge on any atom is -0.406 e. The number of aryl methyl sites for hydroxylation is 3. The Hall–Kier alpha value is -4.71. The summed E-state index contributed by atoms with van der Waals surface area (Å²) in [6.45, 7) is 6.07. The zero-order valence-electron chi connectivity index (χ0n) is 24.4. The lowest BCUT2D eigenvalue weighted by Gasteiger charge is -2.13. The maximum atomic E-state index is 12.8. The molecule has 44 heavy (non-hydrogen) atoms. The Balaban J connectivity index is 1.17. The van der Waals surface area contributed by atoms with Crippen LogP contribution in [-0.4, -0.2) is 37.8 Å². The van der Waals surface area contributed by atoms with Crippen molar-refractivity contribution in [3.8, 4) is 28.5 Å². The second-order valence-corrected chi connectivity index (χ2v) is 11.1. The number of hydrogen-bond acceptors (Lipinski definition) is 5. The summed E-state index contributed by atoms with van der Waals surface area (Å²) in [6, 6.07) is 20.9. The lowest BCUT2D eigenvalue weighted by atomic mass is 10.0. The van der Waals surface area contributed by atoms with E-state index >= 15 is 0 Å². The predicted octanol–water partition coefficient (Wildman–Crippen LogP) is 7.19. The Labute approximate surface area is 256 Å². The van der Waals surface area contributed by atoms with E-state index in [9.17, 15) is 18.0 Å². The number of halogens is 3. The Morgan fingerprint density at radius 1 is 1.07 bits per heavy atom. The van der Waals surface area contributed by atoms with Crippen molar-refractivity contribution >= 4 is 17.4 Å². The predicted molar refractivity (Wildman–Crippen MR) is 163 cm³/mol. The number of benzene rings is 3. The van der Waals surface area contributed by atoms with Gasteiger partial charge in [-0.3, -0.25) is 4.57 Å². The van der Waals surface area contributed by atoms with Crippen LogP contribution in [-0.2, 0) is 12.8 Å². The van der Waals surface area contributed by atoms with Gasteiger partial charge in [0.2, 0.25) is 0 Å². The molecule has 0 saturated carbocycles. The van der Waals surface area contributed by atoms with Crippen molar-refractivity contribution < 1.29 is 22.7 Å². The average Bonchev–Trinajstić information content (AvgIpc) is 3.63. The molecular weight excluding hydrogens is 589 g/mol. The molecule has 5 aromatic rings. The van der Waals surface area contributed by atoms with Gasteiger partial charge in [-0.25, -0.2) is 14.5 Å². The Morgan fingerprint density at radius 3 is 2.50 bits per heavy atom. The molecule has 5 rings (SSSR count). The highest BCUT2D eigenvalue weighted by Crippen LogP contribution is 2.24. The molecule has 0 bridgehead atoms. The van der Waals surface area contributed by atoms with Crippen LogP contribution in [0.15, 0.2) is 89.5 Å². The number of para-hydroxylation sites is 1. The first kappa shape index (κ1) is 30.7. The summed E-state index contributed by atoms with van der Waals surface area (Å²) in [5.41, 5.74) is 5.69. The van der Waals surface area contributed by atoms with E-state index in [2.05, 4.69) is 38.1 Å². The van der Waals surface area contributed by atoms with E-state index < -0.39 is 6.36 Å². The number of urea groups is 1. The lowest BCUT2D eigenvalue weighted by molar-refractivity contribution is -0.274. The molecule has 0 aliphatic rings. The third-order valence-corrected chi connectivity index (χ3v) is 7.91. The molecular formula is C32H31F3N6O2S. The van der Waals surface area contributed by atoms with Crippen molar-refractivity contribution in [1.82, 2.24) is 24.6 Å². The highest BCUT2D eigenvalue weighted by atomic mass is 32.1. The van der Waals surface area contributed by atoms with Crippen LogP contribution in [0.3, 0.4) is 0 Å². The second kappa shape index (κ2) is 13.3. The highest BCUT2D eigenvalue weighted by molar-refractivity contribution is 7.07. The Bertz CT molecular complexity index is 1790. The molecule has 0 saturated heterocycles. The van der Waals surface area contributed by atoms with Gasteiger partial charge in [-0.1, -0.05) is 49.4 Å². The number of hydrogen-bond donors (Lipinski definition) is 1. The summed E-state index contributed by atoms with van der Waals surface area (Å²) in [5.74, 6) is 0.178. The fraction of sp³-hybridized carbons (Fsp3) is 0.250. The fourth-order valence-corrected chi connectivity index (χ4v) is 5.58. The van der Waals surface area contributed by atoms with Gasteiger partial charge in [0.05, 0.1) is 11.4 Å². The van der Waals surface area contributed by atoms with Gasteiger partial charge in [0.15, 0.2) is 10.6 Å². The van der Waals surface area contributed by atoms with Gasteiger partial charge < -0.3 is 10.1 Å². The van der Waals surface area contributed by atoms with E-state index in [1.807, 2.05) is 66.3 Å². The molecule has 2 amide bonds. The molecule has 228 valence electrons. The summed E-state index contributed by atoms with van der Waals surface area (Å²) in [7, 11) is 0. The summed E-state index contributed by atoms with van der Waals surface area (Å²) >= 11 is 1.44. The van der Waals surface area contributed by atoms with Crippen LogP contribution >= 0.6 is 11.3 Å². The molecule has 1 unspecified atom stereocenters. The number of nitrogens with one attached hydrogen (secondary N) is 1. The van der Waals surface area contributed by atoms with Gasteiger partial charge in [0.1, 0.15) is 12.1 Å². The molecule has 1 atom stereocenters. The first-order valence-corrected chi connectivity index (χ1v) is 15.0. The molecule has 2 heterocycles. The minimum atomic E-state index is -4.75. The molecule has 0 radical (unpaired) electrons. The van der Waals surface area contributed by atoms with E-state index in [4.69, 9.17) is 0 Å². The Morgan fingerprint density at radius 2 is 1.80 bits per heavy atom. The topological polar surface area (TPSA) is 86.3 Å². The van der Waals surface area contributed by atoms with E-state index in [1.165, 1.54) is 52.2 Å². The van der Waals surface area contributed by atoms with Gasteiger partial charge >= 0.3 is 12.4 Å². The molecule has 2 aromatic heterocycles. The number of carbonyl (C=O) groups excluding carboxylic acids is 1. The zero-order valence-corrected chi connectivity index (χ0v) is 25.2. The number of nitrogens with zero attached hydrogens (tertiary/aromatic N) is 5. The van der Waals surface area contributed by atoms with Crippen LogP contribution in [0.1, 0.15) is 37.1 Å². The van der Waals surface area contributed by atoms with Crippen molar-refractivity contribution in [2.24, 2.45) is 4.99 Å². The van der Waals surface area contributed by atoms with Gasteiger partial charge in [-0.15, -0.1) is 29.6 Å². The minimum absolute atomic E-state index is 0.0892. The fourth-order valence-electron chi connectivity index (χ4n) is 4.72. The summed E-state index contributed by atoms with van der Waals surface area (Å²) in [4.78, 5) is 22.2. The summed E-state index contributed by atoms with van der Waals surface area (Å²) < 4.78 is 44.6. The number of aromatic nitrogens is 4.